The Labute approximate surface area is 162 Å². The first-order chi connectivity index (χ1) is 13.4. The molecule has 0 heterocycles. The number of carbonyl (C=O) groups excluding carboxylic acids is 3. The lowest BCUT2D eigenvalue weighted by atomic mass is 10.1. The first-order valence-electron chi connectivity index (χ1n) is 8.73. The lowest BCUT2D eigenvalue weighted by Gasteiger charge is -2.07. The third-order valence-electron chi connectivity index (χ3n) is 3.99. The van der Waals surface area contributed by atoms with Gasteiger partial charge in [-0.3, -0.25) is 14.4 Å². The second kappa shape index (κ2) is 10.2. The fourth-order valence-electron chi connectivity index (χ4n) is 2.51. The van der Waals surface area contributed by atoms with Gasteiger partial charge in [0.05, 0.1) is 13.5 Å². The fraction of sp³-hybridized carbons (Fsp3) is 0.286. The van der Waals surface area contributed by atoms with Crippen LogP contribution in [0.4, 0.5) is 4.39 Å². The van der Waals surface area contributed by atoms with Gasteiger partial charge >= 0.3 is 5.97 Å². The van der Waals surface area contributed by atoms with E-state index in [1.54, 1.807) is 30.3 Å². The molecule has 0 aromatic heterocycles. The highest BCUT2D eigenvalue weighted by atomic mass is 19.1. The van der Waals surface area contributed by atoms with Gasteiger partial charge in [0.2, 0.25) is 5.91 Å². The van der Waals surface area contributed by atoms with Crippen molar-refractivity contribution in [1.29, 1.82) is 0 Å². The number of esters is 1. The number of ether oxygens (including phenoxy) is 2. The molecule has 0 aliphatic rings. The second-order valence-corrected chi connectivity index (χ2v) is 6.16. The van der Waals surface area contributed by atoms with Gasteiger partial charge in [-0.15, -0.1) is 0 Å². The largest absolute Gasteiger partial charge is 0.494 e. The molecule has 1 N–H and O–H groups in total. The molecule has 0 aliphatic carbocycles. The van der Waals surface area contributed by atoms with Crippen LogP contribution in [-0.2, 0) is 27.2 Å². The lowest BCUT2D eigenvalue weighted by molar-refractivity contribution is -0.141. The van der Waals surface area contributed by atoms with E-state index in [0.29, 0.717) is 24.1 Å². The number of methoxy groups -OCH3 is 1. The van der Waals surface area contributed by atoms with Gasteiger partial charge in [0, 0.05) is 19.0 Å². The molecule has 6 nitrogen and oxygen atoms in total. The van der Waals surface area contributed by atoms with Crippen LogP contribution in [0.15, 0.2) is 42.5 Å². The van der Waals surface area contributed by atoms with Crippen LogP contribution in [0.1, 0.15) is 28.4 Å². The number of rotatable bonds is 9. The summed E-state index contributed by atoms with van der Waals surface area (Å²) in [5, 5.41) is 2.70. The van der Waals surface area contributed by atoms with Crippen molar-refractivity contribution in [2.75, 3.05) is 20.3 Å². The van der Waals surface area contributed by atoms with Gasteiger partial charge in [-0.2, -0.15) is 0 Å². The maximum atomic E-state index is 13.6. The number of Topliss-reactive ketones (excluding diaryl/α,β-unsaturated/α-hetero) is 1. The van der Waals surface area contributed by atoms with Gasteiger partial charge in [0.1, 0.15) is 0 Å². The number of halogens is 1. The van der Waals surface area contributed by atoms with Gasteiger partial charge in [-0.25, -0.2) is 4.39 Å². The SMILES string of the molecule is COc1ccc(CC(=O)OCC(=O)c2ccc(CCNC(C)=O)cc2)cc1F. The molecule has 1 amide bonds. The molecule has 0 radical (unpaired) electrons. The second-order valence-electron chi connectivity index (χ2n) is 6.16. The minimum atomic E-state index is -0.621. The van der Waals surface area contributed by atoms with E-state index in [9.17, 15) is 18.8 Å². The van der Waals surface area contributed by atoms with Gasteiger partial charge in [0.25, 0.3) is 0 Å². The summed E-state index contributed by atoms with van der Waals surface area (Å²) in [5.74, 6) is -1.52. The number of amides is 1. The topological polar surface area (TPSA) is 81.7 Å². The normalized spacial score (nSPS) is 10.2. The zero-order valence-corrected chi connectivity index (χ0v) is 15.8. The average Bonchev–Trinajstić information content (AvgIpc) is 2.66. The number of nitrogens with one attached hydrogen (secondary N) is 1. The monoisotopic (exact) mass is 387 g/mol. The quantitative estimate of drug-likeness (QED) is 0.528. The summed E-state index contributed by atoms with van der Waals surface area (Å²) in [6.07, 6.45) is 0.512. The Bertz CT molecular complexity index is 848. The van der Waals surface area contributed by atoms with Crippen molar-refractivity contribution in [2.45, 2.75) is 19.8 Å². The molecule has 0 bridgehead atoms. The molecule has 2 rings (SSSR count). The number of carbonyl (C=O) groups is 3. The number of hydrogen-bond acceptors (Lipinski definition) is 5. The molecular weight excluding hydrogens is 365 g/mol. The standard InChI is InChI=1S/C21H22FNO5/c1-14(24)23-10-9-15-3-6-17(7-4-15)19(25)13-28-21(26)12-16-5-8-20(27-2)18(22)11-16/h3-8,11H,9-10,12-13H2,1-2H3,(H,23,24). The maximum absolute atomic E-state index is 13.6. The molecule has 0 spiro atoms. The molecular formula is C21H22FNO5. The smallest absolute Gasteiger partial charge is 0.310 e. The predicted octanol–water partition coefficient (Wildman–Crippen LogP) is 2.48. The Morgan fingerprint density at radius 2 is 1.71 bits per heavy atom. The molecule has 0 saturated heterocycles. The molecule has 0 aliphatic heterocycles. The summed E-state index contributed by atoms with van der Waals surface area (Å²) in [6, 6.07) is 11.1. The van der Waals surface area contributed by atoms with Crippen molar-refractivity contribution in [3.05, 3.63) is 65.0 Å². The van der Waals surface area contributed by atoms with Crippen LogP contribution in [0.5, 0.6) is 5.75 Å². The zero-order valence-electron chi connectivity index (χ0n) is 15.8. The van der Waals surface area contributed by atoms with Gasteiger partial charge in [-0.05, 0) is 29.7 Å². The van der Waals surface area contributed by atoms with E-state index in [-0.39, 0.29) is 30.5 Å². The highest BCUT2D eigenvalue weighted by Gasteiger charge is 2.12. The Kier molecular flexibility index (Phi) is 7.68. The van der Waals surface area contributed by atoms with Crippen LogP contribution in [0.25, 0.3) is 0 Å². The Balaban J connectivity index is 1.81. The fourth-order valence-corrected chi connectivity index (χ4v) is 2.51. The highest BCUT2D eigenvalue weighted by molar-refractivity contribution is 5.98. The number of ketones is 1. The van der Waals surface area contributed by atoms with Gasteiger partial charge < -0.3 is 14.8 Å². The molecule has 2 aromatic carbocycles. The molecule has 0 unspecified atom stereocenters. The van der Waals surface area contributed by atoms with Crippen LogP contribution in [-0.4, -0.2) is 37.9 Å². The lowest BCUT2D eigenvalue weighted by Crippen LogP contribution is -2.22. The minimum absolute atomic E-state index is 0.0906. The summed E-state index contributed by atoms with van der Waals surface area (Å²) in [4.78, 5) is 34.9. The van der Waals surface area contributed by atoms with E-state index < -0.39 is 11.8 Å². The number of benzene rings is 2. The summed E-state index contributed by atoms with van der Waals surface area (Å²) in [7, 11) is 1.35. The maximum Gasteiger partial charge on any atom is 0.310 e. The van der Waals surface area contributed by atoms with E-state index in [1.165, 1.54) is 26.2 Å². The van der Waals surface area contributed by atoms with Gasteiger partial charge in [-0.1, -0.05) is 30.3 Å². The third-order valence-corrected chi connectivity index (χ3v) is 3.99. The van der Waals surface area contributed by atoms with Crippen molar-refractivity contribution < 1.29 is 28.2 Å². The summed E-state index contributed by atoms with van der Waals surface area (Å²) in [5.41, 5.74) is 1.83. The van der Waals surface area contributed by atoms with Crippen molar-refractivity contribution in [3.8, 4) is 5.75 Å². The van der Waals surface area contributed by atoms with Crippen molar-refractivity contribution in [2.24, 2.45) is 0 Å². The average molecular weight is 387 g/mol. The van der Waals surface area contributed by atoms with Crippen molar-refractivity contribution in [1.82, 2.24) is 5.32 Å². The van der Waals surface area contributed by atoms with Crippen LogP contribution >= 0.6 is 0 Å². The van der Waals surface area contributed by atoms with E-state index in [4.69, 9.17) is 9.47 Å². The zero-order chi connectivity index (χ0) is 20.5. The molecule has 7 heteroatoms. The first-order valence-corrected chi connectivity index (χ1v) is 8.73. The van der Waals surface area contributed by atoms with Crippen LogP contribution in [0.2, 0.25) is 0 Å². The Morgan fingerprint density at radius 1 is 1.04 bits per heavy atom. The summed E-state index contributed by atoms with van der Waals surface area (Å²) in [6.45, 7) is 1.59. The molecule has 148 valence electrons. The summed E-state index contributed by atoms with van der Waals surface area (Å²) >= 11 is 0. The van der Waals surface area contributed by atoms with Crippen LogP contribution < -0.4 is 10.1 Å². The van der Waals surface area contributed by atoms with Crippen molar-refractivity contribution in [3.63, 3.8) is 0 Å². The van der Waals surface area contributed by atoms with E-state index in [1.807, 2.05) is 0 Å². The molecule has 28 heavy (non-hydrogen) atoms. The molecule has 0 saturated carbocycles. The Hall–Kier alpha value is -3.22. The molecule has 0 fully saturated rings. The Morgan fingerprint density at radius 3 is 2.32 bits per heavy atom. The molecule has 0 atom stereocenters. The van der Waals surface area contributed by atoms with Gasteiger partial charge in [0.15, 0.2) is 24.0 Å². The van der Waals surface area contributed by atoms with Crippen molar-refractivity contribution >= 4 is 17.7 Å². The van der Waals surface area contributed by atoms with E-state index in [2.05, 4.69) is 5.32 Å². The minimum Gasteiger partial charge on any atom is -0.494 e. The highest BCUT2D eigenvalue weighted by Crippen LogP contribution is 2.18. The van der Waals surface area contributed by atoms with Crippen LogP contribution in [0.3, 0.4) is 0 Å². The molecule has 2 aromatic rings. The summed E-state index contributed by atoms with van der Waals surface area (Å²) < 4.78 is 23.4. The van der Waals surface area contributed by atoms with E-state index >= 15 is 0 Å². The van der Waals surface area contributed by atoms with E-state index in [0.717, 1.165) is 5.56 Å². The predicted molar refractivity (Wildman–Crippen MR) is 101 cm³/mol. The number of hydrogen-bond donors (Lipinski definition) is 1. The first kappa shape index (κ1) is 21.1. The third kappa shape index (κ3) is 6.50. The van der Waals surface area contributed by atoms with Crippen LogP contribution in [0, 0.1) is 5.82 Å².